The van der Waals surface area contributed by atoms with Gasteiger partial charge in [0.15, 0.2) is 8.03 Å². The van der Waals surface area contributed by atoms with Crippen LogP contribution < -0.4 is 5.32 Å². The molecule has 4 heteroatoms. The molecule has 0 saturated heterocycles. The maximum absolute atomic E-state index is 11.3. The summed E-state index contributed by atoms with van der Waals surface area (Å²) >= 11 is 0. The van der Waals surface area contributed by atoms with Crippen molar-refractivity contribution >= 4 is 13.7 Å². The molecule has 0 saturated carbocycles. The van der Waals surface area contributed by atoms with Crippen molar-refractivity contribution in [2.75, 3.05) is 5.32 Å². The van der Waals surface area contributed by atoms with Crippen molar-refractivity contribution in [1.29, 1.82) is 0 Å². The molecule has 0 aromatic heterocycles. The van der Waals surface area contributed by atoms with E-state index >= 15 is 0 Å². The summed E-state index contributed by atoms with van der Waals surface area (Å²) in [5, 5.41) is 3.55. The van der Waals surface area contributed by atoms with Crippen molar-refractivity contribution < 1.29 is 9.46 Å². The molecule has 1 unspecified atom stereocenters. The van der Waals surface area contributed by atoms with Crippen molar-refractivity contribution in [2.45, 2.75) is 12.2 Å². The van der Waals surface area contributed by atoms with Crippen LogP contribution in [0, 0.1) is 0 Å². The molecule has 0 bridgehead atoms. The number of anilines is 1. The molecule has 0 amide bonds. The molecule has 3 aromatic carbocycles. The molecule has 0 spiro atoms. The maximum Gasteiger partial charge on any atom is 0.193 e. The van der Waals surface area contributed by atoms with Crippen molar-refractivity contribution in [2.24, 2.45) is 0 Å². The third-order valence-electron chi connectivity index (χ3n) is 3.92. The molecule has 0 fully saturated rings. The quantitative estimate of drug-likeness (QED) is 0.632. The summed E-state index contributed by atoms with van der Waals surface area (Å²) in [7, 11) is -2.56. The van der Waals surface area contributed by atoms with Gasteiger partial charge in [0.1, 0.15) is 0 Å². The standard InChI is InChI=1S/C20H20NO2P/c22-24(23)15-18-13-7-8-14-19(18)21-20(16-9-3-1-4-10-16)17-11-5-2-6-12-17/h1-14,20-21,24H,15H2,(H,22,23). The SMILES string of the molecule is O=[PH](O)Cc1ccccc1NC(c1ccccc1)c1ccccc1. The van der Waals surface area contributed by atoms with Crippen molar-refractivity contribution in [1.82, 2.24) is 0 Å². The average molecular weight is 337 g/mol. The van der Waals surface area contributed by atoms with Crippen molar-refractivity contribution in [3.63, 3.8) is 0 Å². The molecule has 0 heterocycles. The van der Waals surface area contributed by atoms with Gasteiger partial charge in [0, 0.05) is 11.8 Å². The van der Waals surface area contributed by atoms with E-state index in [1.807, 2.05) is 60.7 Å². The predicted octanol–water partition coefficient (Wildman–Crippen LogP) is 4.86. The third-order valence-corrected chi connectivity index (χ3v) is 4.61. The zero-order valence-electron chi connectivity index (χ0n) is 13.2. The summed E-state index contributed by atoms with van der Waals surface area (Å²) in [6, 6.07) is 28.1. The molecule has 2 N–H and O–H groups in total. The Labute approximate surface area is 142 Å². The second kappa shape index (κ2) is 7.96. The summed E-state index contributed by atoms with van der Waals surface area (Å²) in [6.45, 7) is 0. The third kappa shape index (κ3) is 4.14. The second-order valence-corrected chi connectivity index (χ2v) is 6.77. The lowest BCUT2D eigenvalue weighted by Crippen LogP contribution is -2.13. The van der Waals surface area contributed by atoms with E-state index in [0.717, 1.165) is 22.4 Å². The van der Waals surface area contributed by atoms with Crippen LogP contribution in [0.25, 0.3) is 0 Å². The van der Waals surface area contributed by atoms with E-state index in [9.17, 15) is 9.46 Å². The van der Waals surface area contributed by atoms with Crippen LogP contribution in [-0.4, -0.2) is 4.89 Å². The molecule has 24 heavy (non-hydrogen) atoms. The molecule has 0 aliphatic heterocycles. The minimum atomic E-state index is -2.56. The molecule has 122 valence electrons. The fourth-order valence-electron chi connectivity index (χ4n) is 2.78. The Bertz CT molecular complexity index is 767. The second-order valence-electron chi connectivity index (χ2n) is 5.63. The molecular weight excluding hydrogens is 317 g/mol. The Morgan fingerprint density at radius 2 is 1.29 bits per heavy atom. The number of rotatable bonds is 6. The van der Waals surface area contributed by atoms with E-state index in [1.54, 1.807) is 0 Å². The van der Waals surface area contributed by atoms with E-state index in [4.69, 9.17) is 0 Å². The monoisotopic (exact) mass is 337 g/mol. The highest BCUT2D eigenvalue weighted by atomic mass is 31.1. The van der Waals surface area contributed by atoms with Gasteiger partial charge in [-0.25, -0.2) is 0 Å². The minimum Gasteiger partial charge on any atom is -0.374 e. The van der Waals surface area contributed by atoms with Crippen LogP contribution in [0.1, 0.15) is 22.7 Å². The van der Waals surface area contributed by atoms with Gasteiger partial charge < -0.3 is 10.2 Å². The average Bonchev–Trinajstić information content (AvgIpc) is 2.62. The van der Waals surface area contributed by atoms with Crippen LogP contribution in [0.2, 0.25) is 0 Å². The van der Waals surface area contributed by atoms with Crippen LogP contribution >= 0.6 is 8.03 Å². The first-order chi connectivity index (χ1) is 11.7. The lowest BCUT2D eigenvalue weighted by molar-refractivity contribution is 0.502. The minimum absolute atomic E-state index is 0.0189. The lowest BCUT2D eigenvalue weighted by Gasteiger charge is -2.22. The van der Waals surface area contributed by atoms with Crippen LogP contribution in [0.15, 0.2) is 84.9 Å². The fraction of sp³-hybridized carbons (Fsp3) is 0.100. The van der Waals surface area contributed by atoms with Crippen LogP contribution in [-0.2, 0) is 10.7 Å². The molecule has 3 rings (SSSR count). The van der Waals surface area contributed by atoms with E-state index < -0.39 is 8.03 Å². The normalized spacial score (nSPS) is 12.1. The van der Waals surface area contributed by atoms with Gasteiger partial charge in [0.05, 0.1) is 6.04 Å². The van der Waals surface area contributed by atoms with Gasteiger partial charge in [-0.3, -0.25) is 4.57 Å². The first-order valence-corrected chi connectivity index (χ1v) is 9.46. The topological polar surface area (TPSA) is 49.3 Å². The van der Waals surface area contributed by atoms with Gasteiger partial charge in [-0.15, -0.1) is 0 Å². The molecule has 3 nitrogen and oxygen atoms in total. The maximum atomic E-state index is 11.3. The number of benzene rings is 3. The first-order valence-electron chi connectivity index (χ1n) is 7.90. The highest BCUT2D eigenvalue weighted by Crippen LogP contribution is 2.31. The molecular formula is C20H20NO2P. The van der Waals surface area contributed by atoms with E-state index in [1.165, 1.54) is 0 Å². The Balaban J connectivity index is 1.98. The molecule has 0 radical (unpaired) electrons. The predicted molar refractivity (Wildman–Crippen MR) is 99.7 cm³/mol. The number of hydrogen-bond acceptors (Lipinski definition) is 2. The summed E-state index contributed by atoms with van der Waals surface area (Å²) < 4.78 is 11.3. The largest absolute Gasteiger partial charge is 0.374 e. The zero-order chi connectivity index (χ0) is 16.8. The summed E-state index contributed by atoms with van der Waals surface area (Å²) in [5.41, 5.74) is 4.05. The Kier molecular flexibility index (Phi) is 5.47. The van der Waals surface area contributed by atoms with Gasteiger partial charge >= 0.3 is 0 Å². The molecule has 3 aromatic rings. The molecule has 0 aliphatic rings. The molecule has 0 aliphatic carbocycles. The zero-order valence-corrected chi connectivity index (χ0v) is 14.2. The highest BCUT2D eigenvalue weighted by Gasteiger charge is 2.15. The van der Waals surface area contributed by atoms with Gasteiger partial charge in [0.25, 0.3) is 0 Å². The summed E-state index contributed by atoms with van der Waals surface area (Å²) in [4.78, 5) is 9.32. The van der Waals surface area contributed by atoms with Crippen molar-refractivity contribution in [3.05, 3.63) is 102 Å². The number of nitrogens with one attached hydrogen (secondary N) is 1. The van der Waals surface area contributed by atoms with E-state index in [-0.39, 0.29) is 12.2 Å². The first kappa shape index (κ1) is 16.5. The summed E-state index contributed by atoms with van der Waals surface area (Å²) in [6.07, 6.45) is 0.185. The summed E-state index contributed by atoms with van der Waals surface area (Å²) in [5.74, 6) is 0. The Morgan fingerprint density at radius 3 is 1.83 bits per heavy atom. The van der Waals surface area contributed by atoms with Crippen LogP contribution in [0.3, 0.4) is 0 Å². The molecule has 1 atom stereocenters. The Hall–Kier alpha value is -2.35. The number of para-hydroxylation sites is 1. The van der Waals surface area contributed by atoms with E-state index in [2.05, 4.69) is 29.6 Å². The highest BCUT2D eigenvalue weighted by molar-refractivity contribution is 7.37. The smallest absolute Gasteiger partial charge is 0.193 e. The van der Waals surface area contributed by atoms with Crippen LogP contribution in [0.4, 0.5) is 5.69 Å². The lowest BCUT2D eigenvalue weighted by atomic mass is 9.98. The van der Waals surface area contributed by atoms with Gasteiger partial charge in [-0.2, -0.15) is 0 Å². The number of hydrogen-bond donors (Lipinski definition) is 2. The fourth-order valence-corrected chi connectivity index (χ4v) is 3.42. The van der Waals surface area contributed by atoms with Gasteiger partial charge in [0.2, 0.25) is 0 Å². The van der Waals surface area contributed by atoms with Gasteiger partial charge in [-0.1, -0.05) is 78.9 Å². The van der Waals surface area contributed by atoms with E-state index in [0.29, 0.717) is 0 Å². The van der Waals surface area contributed by atoms with Gasteiger partial charge in [-0.05, 0) is 22.8 Å². The van der Waals surface area contributed by atoms with Crippen LogP contribution in [0.5, 0.6) is 0 Å². The van der Waals surface area contributed by atoms with Crippen molar-refractivity contribution in [3.8, 4) is 0 Å². The Morgan fingerprint density at radius 1 is 0.792 bits per heavy atom.